The molecule has 0 aliphatic carbocycles. The molecule has 2 rings (SSSR count). The second kappa shape index (κ2) is 9.98. The second-order valence-electron chi connectivity index (χ2n) is 7.28. The van der Waals surface area contributed by atoms with Gasteiger partial charge in [-0.2, -0.15) is 0 Å². The molecule has 0 spiro atoms. The molecule has 1 aromatic carbocycles. The lowest BCUT2D eigenvalue weighted by Gasteiger charge is -2.24. The van der Waals surface area contributed by atoms with E-state index in [1.165, 1.54) is 34.5 Å². The van der Waals surface area contributed by atoms with Crippen molar-refractivity contribution in [1.29, 1.82) is 0 Å². The summed E-state index contributed by atoms with van der Waals surface area (Å²) in [5.41, 5.74) is 0.638. The molecule has 0 bridgehead atoms. The number of nitrogens with one attached hydrogen (secondary N) is 1. The highest BCUT2D eigenvalue weighted by atomic mass is 32.2. The van der Waals surface area contributed by atoms with Crippen LogP contribution >= 0.6 is 0 Å². The Bertz CT molecular complexity index is 918. The normalized spacial score (nSPS) is 16.7. The van der Waals surface area contributed by atoms with Crippen LogP contribution in [0.4, 0.5) is 5.69 Å². The van der Waals surface area contributed by atoms with Gasteiger partial charge in [0, 0.05) is 43.9 Å². The van der Waals surface area contributed by atoms with Gasteiger partial charge in [0.05, 0.1) is 10.7 Å². The van der Waals surface area contributed by atoms with Gasteiger partial charge in [0.2, 0.25) is 15.9 Å². The minimum atomic E-state index is -3.25. The maximum absolute atomic E-state index is 12.9. The zero-order valence-electron chi connectivity index (χ0n) is 17.5. The first-order chi connectivity index (χ1) is 14.1. The topological polar surface area (TPSA) is 130 Å². The quantitative estimate of drug-likeness (QED) is 0.350. The van der Waals surface area contributed by atoms with E-state index in [2.05, 4.69) is 5.32 Å². The number of benzene rings is 1. The van der Waals surface area contributed by atoms with E-state index < -0.39 is 21.0 Å². The van der Waals surface area contributed by atoms with E-state index in [-0.39, 0.29) is 23.3 Å². The summed E-state index contributed by atoms with van der Waals surface area (Å²) < 4.78 is 24.7. The molecule has 1 atom stereocenters. The number of nitro benzene ring substituents is 1. The Balaban J connectivity index is 1.95. The maximum Gasteiger partial charge on any atom is 0.272 e. The molecule has 10 nitrogen and oxygen atoms in total. The van der Waals surface area contributed by atoms with E-state index in [0.29, 0.717) is 50.0 Å². The van der Waals surface area contributed by atoms with Crippen molar-refractivity contribution in [2.24, 2.45) is 0 Å². The zero-order valence-corrected chi connectivity index (χ0v) is 18.3. The molecule has 1 fully saturated rings. The molecule has 0 saturated carbocycles. The van der Waals surface area contributed by atoms with Crippen LogP contribution in [0, 0.1) is 17.0 Å². The number of carbonyl (C=O) groups excluding carboxylic acids is 2. The predicted octanol–water partition coefficient (Wildman–Crippen LogP) is 1.30. The minimum absolute atomic E-state index is 0.0249. The maximum atomic E-state index is 12.9. The van der Waals surface area contributed by atoms with E-state index in [4.69, 9.17) is 0 Å². The lowest BCUT2D eigenvalue weighted by molar-refractivity contribution is -0.385. The van der Waals surface area contributed by atoms with Gasteiger partial charge in [-0.15, -0.1) is 0 Å². The third kappa shape index (κ3) is 5.54. The SMILES string of the molecule is CCS(=O)(=O)N(C)CCCNC(=O)C1CCCN1C(=O)c1ccc([N+](=O)[O-])c(C)c1. The first kappa shape index (κ1) is 23.7. The second-order valence-corrected chi connectivity index (χ2v) is 9.65. The summed E-state index contributed by atoms with van der Waals surface area (Å²) >= 11 is 0. The molecule has 30 heavy (non-hydrogen) atoms. The predicted molar refractivity (Wildman–Crippen MR) is 112 cm³/mol. The average molecular weight is 441 g/mol. The number of carbonyl (C=O) groups is 2. The van der Waals surface area contributed by atoms with Crippen molar-refractivity contribution in [3.63, 3.8) is 0 Å². The van der Waals surface area contributed by atoms with E-state index in [1.54, 1.807) is 13.8 Å². The Morgan fingerprint density at radius 3 is 2.67 bits per heavy atom. The van der Waals surface area contributed by atoms with Crippen molar-refractivity contribution in [2.75, 3.05) is 32.4 Å². The molecule has 2 amide bonds. The number of nitro groups is 1. The monoisotopic (exact) mass is 440 g/mol. The number of amides is 2. The number of hydrogen-bond acceptors (Lipinski definition) is 6. The van der Waals surface area contributed by atoms with Crippen LogP contribution in [0.3, 0.4) is 0 Å². The van der Waals surface area contributed by atoms with Crippen LogP contribution in [0.1, 0.15) is 42.1 Å². The van der Waals surface area contributed by atoms with Crippen molar-refractivity contribution in [2.45, 2.75) is 39.2 Å². The molecule has 1 heterocycles. The van der Waals surface area contributed by atoms with Crippen LogP contribution in [0.15, 0.2) is 18.2 Å². The molecule has 166 valence electrons. The summed E-state index contributed by atoms with van der Waals surface area (Å²) in [6, 6.07) is 3.57. The summed E-state index contributed by atoms with van der Waals surface area (Å²) in [7, 11) is -1.75. The van der Waals surface area contributed by atoms with Gasteiger partial charge in [-0.3, -0.25) is 19.7 Å². The average Bonchev–Trinajstić information content (AvgIpc) is 3.19. The molecular formula is C19H28N4O6S. The van der Waals surface area contributed by atoms with Crippen LogP contribution in [0.25, 0.3) is 0 Å². The van der Waals surface area contributed by atoms with Crippen LogP contribution in [-0.2, 0) is 14.8 Å². The van der Waals surface area contributed by atoms with E-state index in [1.807, 2.05) is 0 Å². The van der Waals surface area contributed by atoms with E-state index in [9.17, 15) is 28.1 Å². The number of likely N-dealkylation sites (tertiary alicyclic amines) is 1. The van der Waals surface area contributed by atoms with E-state index in [0.717, 1.165) is 0 Å². The number of rotatable bonds is 9. The standard InChI is InChI=1S/C19H28N4O6S/c1-4-30(28,29)21(3)11-6-10-20-18(24)17-7-5-12-22(17)19(25)15-8-9-16(23(26)27)14(2)13-15/h8-9,13,17H,4-7,10-12H2,1-3H3,(H,20,24). The van der Waals surface area contributed by atoms with Crippen LogP contribution in [0.2, 0.25) is 0 Å². The van der Waals surface area contributed by atoms with Crippen molar-refractivity contribution >= 4 is 27.5 Å². The number of aryl methyl sites for hydroxylation is 1. The van der Waals surface area contributed by atoms with Gasteiger partial charge in [-0.1, -0.05) is 0 Å². The highest BCUT2D eigenvalue weighted by molar-refractivity contribution is 7.89. The molecule has 1 N–H and O–H groups in total. The van der Waals surface area contributed by atoms with Gasteiger partial charge in [0.1, 0.15) is 6.04 Å². The fourth-order valence-corrected chi connectivity index (χ4v) is 4.28. The third-order valence-corrected chi connectivity index (χ3v) is 7.11. The molecule has 1 aromatic rings. The zero-order chi connectivity index (χ0) is 22.5. The first-order valence-electron chi connectivity index (χ1n) is 9.86. The number of hydrogen-bond donors (Lipinski definition) is 1. The molecule has 1 aliphatic heterocycles. The van der Waals surface area contributed by atoms with Crippen LogP contribution in [0.5, 0.6) is 0 Å². The molecule has 0 radical (unpaired) electrons. The van der Waals surface area contributed by atoms with Gasteiger partial charge >= 0.3 is 0 Å². The smallest absolute Gasteiger partial charge is 0.272 e. The number of nitrogens with zero attached hydrogens (tertiary/aromatic N) is 3. The highest BCUT2D eigenvalue weighted by Gasteiger charge is 2.34. The van der Waals surface area contributed by atoms with Gasteiger partial charge in [0.25, 0.3) is 11.6 Å². The lowest BCUT2D eigenvalue weighted by atomic mass is 10.1. The Kier molecular flexibility index (Phi) is 7.90. The molecular weight excluding hydrogens is 412 g/mol. The molecule has 11 heteroatoms. The molecule has 1 aliphatic rings. The van der Waals surface area contributed by atoms with Crippen LogP contribution < -0.4 is 5.32 Å². The highest BCUT2D eigenvalue weighted by Crippen LogP contribution is 2.24. The fraction of sp³-hybridized carbons (Fsp3) is 0.579. The van der Waals surface area contributed by atoms with Gasteiger partial charge in [0.15, 0.2) is 0 Å². The summed E-state index contributed by atoms with van der Waals surface area (Å²) in [4.78, 5) is 37.4. The lowest BCUT2D eigenvalue weighted by Crippen LogP contribution is -2.46. The molecule has 1 unspecified atom stereocenters. The third-order valence-electron chi connectivity index (χ3n) is 5.25. The Morgan fingerprint density at radius 2 is 2.07 bits per heavy atom. The van der Waals surface area contributed by atoms with Crippen molar-refractivity contribution < 1.29 is 22.9 Å². The number of sulfonamides is 1. The first-order valence-corrected chi connectivity index (χ1v) is 11.5. The van der Waals surface area contributed by atoms with Crippen molar-refractivity contribution in [3.05, 3.63) is 39.4 Å². The Morgan fingerprint density at radius 1 is 1.37 bits per heavy atom. The van der Waals surface area contributed by atoms with Crippen molar-refractivity contribution in [3.8, 4) is 0 Å². The van der Waals surface area contributed by atoms with Gasteiger partial charge in [-0.25, -0.2) is 12.7 Å². The summed E-state index contributed by atoms with van der Waals surface area (Å²) in [6.07, 6.45) is 1.69. The molecule has 1 saturated heterocycles. The summed E-state index contributed by atoms with van der Waals surface area (Å²) in [5.74, 6) is -0.586. The Labute approximate surface area is 176 Å². The van der Waals surface area contributed by atoms with E-state index >= 15 is 0 Å². The largest absolute Gasteiger partial charge is 0.354 e. The van der Waals surface area contributed by atoms with Crippen molar-refractivity contribution in [1.82, 2.24) is 14.5 Å². The van der Waals surface area contributed by atoms with Gasteiger partial charge in [-0.05, 0) is 45.2 Å². The Hall–Kier alpha value is -2.53. The molecule has 0 aromatic heterocycles. The van der Waals surface area contributed by atoms with Gasteiger partial charge < -0.3 is 10.2 Å². The summed E-state index contributed by atoms with van der Waals surface area (Å²) in [5, 5.41) is 13.7. The summed E-state index contributed by atoms with van der Waals surface area (Å²) in [6.45, 7) is 4.18. The fourth-order valence-electron chi connectivity index (χ4n) is 3.43. The van der Waals surface area contributed by atoms with Crippen LogP contribution in [-0.4, -0.2) is 72.8 Å². The minimum Gasteiger partial charge on any atom is -0.354 e.